The SMILES string of the molecule is COc1ccc(-c2nc3c(C)cc(C)cc3c(C(=O)Nc3cc(C)ccc3C)c2C)cc1. The van der Waals surface area contributed by atoms with Crippen molar-refractivity contribution in [3.05, 3.63) is 88.0 Å². The lowest BCUT2D eigenvalue weighted by Gasteiger charge is -2.17. The number of pyridine rings is 1. The maximum absolute atomic E-state index is 13.7. The van der Waals surface area contributed by atoms with Gasteiger partial charge in [0.15, 0.2) is 0 Å². The Bertz CT molecular complexity index is 1340. The van der Waals surface area contributed by atoms with Crippen molar-refractivity contribution < 1.29 is 9.53 Å². The number of benzene rings is 3. The van der Waals surface area contributed by atoms with E-state index in [1.807, 2.05) is 77.1 Å². The number of amides is 1. The number of nitrogens with one attached hydrogen (secondary N) is 1. The molecule has 0 aliphatic heterocycles. The fourth-order valence-corrected chi connectivity index (χ4v) is 4.19. The zero-order valence-corrected chi connectivity index (χ0v) is 19.5. The first-order valence-corrected chi connectivity index (χ1v) is 10.7. The van der Waals surface area contributed by atoms with Crippen LogP contribution in [0.1, 0.15) is 38.2 Å². The maximum atomic E-state index is 13.7. The van der Waals surface area contributed by atoms with Gasteiger partial charge in [-0.3, -0.25) is 4.79 Å². The van der Waals surface area contributed by atoms with Crippen molar-refractivity contribution in [1.82, 2.24) is 4.98 Å². The first-order chi connectivity index (χ1) is 15.3. The van der Waals surface area contributed by atoms with Gasteiger partial charge < -0.3 is 10.1 Å². The predicted molar refractivity (Wildman–Crippen MR) is 132 cm³/mol. The molecule has 1 aromatic heterocycles. The Hall–Kier alpha value is -3.66. The number of hydrogen-bond donors (Lipinski definition) is 1. The molecule has 0 spiro atoms. The van der Waals surface area contributed by atoms with Gasteiger partial charge in [0, 0.05) is 16.6 Å². The highest BCUT2D eigenvalue weighted by atomic mass is 16.5. The second kappa shape index (κ2) is 8.46. The van der Waals surface area contributed by atoms with Crippen LogP contribution in [0, 0.1) is 34.6 Å². The summed E-state index contributed by atoms with van der Waals surface area (Å²) in [6, 6.07) is 18.0. The molecular weight excluding hydrogens is 396 g/mol. The van der Waals surface area contributed by atoms with Crippen LogP contribution in [0.15, 0.2) is 54.6 Å². The van der Waals surface area contributed by atoms with E-state index in [2.05, 4.69) is 17.4 Å². The van der Waals surface area contributed by atoms with E-state index in [4.69, 9.17) is 9.72 Å². The zero-order valence-electron chi connectivity index (χ0n) is 19.5. The summed E-state index contributed by atoms with van der Waals surface area (Å²) >= 11 is 0. The molecule has 0 saturated heterocycles. The molecule has 0 unspecified atom stereocenters. The maximum Gasteiger partial charge on any atom is 0.256 e. The van der Waals surface area contributed by atoms with Crippen LogP contribution in [0.5, 0.6) is 5.75 Å². The van der Waals surface area contributed by atoms with E-state index in [9.17, 15) is 4.79 Å². The number of fused-ring (bicyclic) bond motifs is 1. The average Bonchev–Trinajstić information content (AvgIpc) is 2.76. The summed E-state index contributed by atoms with van der Waals surface area (Å²) in [4.78, 5) is 18.7. The Morgan fingerprint density at radius 2 is 1.56 bits per heavy atom. The highest BCUT2D eigenvalue weighted by molar-refractivity contribution is 6.15. The third-order valence-corrected chi connectivity index (χ3v) is 5.90. The molecular formula is C28H28N2O2. The summed E-state index contributed by atoms with van der Waals surface area (Å²) < 4.78 is 5.30. The molecule has 32 heavy (non-hydrogen) atoms. The summed E-state index contributed by atoms with van der Waals surface area (Å²) in [7, 11) is 1.65. The van der Waals surface area contributed by atoms with Crippen LogP contribution in [0.4, 0.5) is 5.69 Å². The lowest BCUT2D eigenvalue weighted by atomic mass is 9.94. The molecule has 1 heterocycles. The minimum absolute atomic E-state index is 0.122. The molecule has 4 nitrogen and oxygen atoms in total. The fourth-order valence-electron chi connectivity index (χ4n) is 4.19. The third-order valence-electron chi connectivity index (χ3n) is 5.90. The zero-order chi connectivity index (χ0) is 23.0. The van der Waals surface area contributed by atoms with E-state index >= 15 is 0 Å². The molecule has 0 aliphatic rings. The molecule has 0 fully saturated rings. The Balaban J connectivity index is 1.93. The van der Waals surface area contributed by atoms with E-state index in [1.54, 1.807) is 7.11 Å². The monoisotopic (exact) mass is 424 g/mol. The highest BCUT2D eigenvalue weighted by Gasteiger charge is 2.21. The van der Waals surface area contributed by atoms with Gasteiger partial charge in [-0.2, -0.15) is 0 Å². The number of carbonyl (C=O) groups excluding carboxylic acids is 1. The molecule has 0 atom stereocenters. The predicted octanol–water partition coefficient (Wildman–Crippen LogP) is 6.70. The Kier molecular flexibility index (Phi) is 5.70. The summed E-state index contributed by atoms with van der Waals surface area (Å²) in [5.74, 6) is 0.662. The van der Waals surface area contributed by atoms with Crippen molar-refractivity contribution in [2.75, 3.05) is 12.4 Å². The number of anilines is 1. The van der Waals surface area contributed by atoms with Crippen LogP contribution in [0.25, 0.3) is 22.2 Å². The van der Waals surface area contributed by atoms with E-state index < -0.39 is 0 Å². The molecule has 0 bridgehead atoms. The van der Waals surface area contributed by atoms with E-state index in [0.29, 0.717) is 5.56 Å². The Morgan fingerprint density at radius 3 is 2.25 bits per heavy atom. The van der Waals surface area contributed by atoms with Crippen LogP contribution >= 0.6 is 0 Å². The standard InChI is InChI=1S/C28H28N2O2/c1-16-7-8-18(3)24(15-16)29-28(31)25-20(5)27(21-9-11-22(32-6)12-10-21)30-26-19(4)13-17(2)14-23(25)26/h7-15H,1-6H3,(H,29,31). The summed E-state index contributed by atoms with van der Waals surface area (Å²) in [6.45, 7) is 10.1. The molecule has 0 radical (unpaired) electrons. The van der Waals surface area contributed by atoms with E-state index in [1.165, 1.54) is 0 Å². The fraction of sp³-hybridized carbons (Fsp3) is 0.214. The first-order valence-electron chi connectivity index (χ1n) is 10.7. The first kappa shape index (κ1) is 21.6. The van der Waals surface area contributed by atoms with Gasteiger partial charge in [-0.1, -0.05) is 23.8 Å². The van der Waals surface area contributed by atoms with Crippen molar-refractivity contribution >= 4 is 22.5 Å². The van der Waals surface area contributed by atoms with Gasteiger partial charge in [-0.05, 0) is 93.3 Å². The minimum Gasteiger partial charge on any atom is -0.497 e. The topological polar surface area (TPSA) is 51.2 Å². The van der Waals surface area contributed by atoms with Crippen LogP contribution < -0.4 is 10.1 Å². The molecule has 4 heteroatoms. The average molecular weight is 425 g/mol. The number of rotatable bonds is 4. The van der Waals surface area contributed by atoms with Gasteiger partial charge >= 0.3 is 0 Å². The Labute approximate surface area is 189 Å². The van der Waals surface area contributed by atoms with Gasteiger partial charge in [0.05, 0.1) is 23.9 Å². The van der Waals surface area contributed by atoms with Crippen molar-refractivity contribution in [2.24, 2.45) is 0 Å². The molecule has 0 saturated carbocycles. The van der Waals surface area contributed by atoms with E-state index in [-0.39, 0.29) is 5.91 Å². The van der Waals surface area contributed by atoms with Gasteiger partial charge in [-0.15, -0.1) is 0 Å². The van der Waals surface area contributed by atoms with Crippen molar-refractivity contribution in [3.8, 4) is 17.0 Å². The smallest absolute Gasteiger partial charge is 0.256 e. The molecule has 3 aromatic carbocycles. The molecule has 4 aromatic rings. The van der Waals surface area contributed by atoms with Gasteiger partial charge in [0.2, 0.25) is 0 Å². The van der Waals surface area contributed by atoms with Crippen molar-refractivity contribution in [3.63, 3.8) is 0 Å². The summed E-state index contributed by atoms with van der Waals surface area (Å²) in [5.41, 5.74) is 9.24. The highest BCUT2D eigenvalue weighted by Crippen LogP contribution is 2.33. The number of aryl methyl sites for hydroxylation is 4. The molecule has 162 valence electrons. The van der Waals surface area contributed by atoms with Crippen molar-refractivity contribution in [1.29, 1.82) is 0 Å². The molecule has 1 N–H and O–H groups in total. The number of nitrogens with zero attached hydrogens (tertiary/aromatic N) is 1. The minimum atomic E-state index is -0.122. The quantitative estimate of drug-likeness (QED) is 0.396. The number of carbonyl (C=O) groups is 1. The van der Waals surface area contributed by atoms with E-state index in [0.717, 1.165) is 61.4 Å². The second-order valence-electron chi connectivity index (χ2n) is 8.44. The summed E-state index contributed by atoms with van der Waals surface area (Å²) in [5, 5.41) is 4.02. The third kappa shape index (κ3) is 3.96. The molecule has 0 aliphatic carbocycles. The molecule has 1 amide bonds. The van der Waals surface area contributed by atoms with Crippen LogP contribution in [0.3, 0.4) is 0 Å². The van der Waals surface area contributed by atoms with Gasteiger partial charge in [0.25, 0.3) is 5.91 Å². The normalized spacial score (nSPS) is 10.9. The molecule has 4 rings (SSSR count). The lowest BCUT2D eigenvalue weighted by Crippen LogP contribution is -2.16. The van der Waals surface area contributed by atoms with Crippen LogP contribution in [-0.2, 0) is 0 Å². The van der Waals surface area contributed by atoms with Crippen molar-refractivity contribution in [2.45, 2.75) is 34.6 Å². The number of hydrogen-bond acceptors (Lipinski definition) is 3. The number of ether oxygens (including phenoxy) is 1. The second-order valence-corrected chi connectivity index (χ2v) is 8.44. The lowest BCUT2D eigenvalue weighted by molar-refractivity contribution is 0.102. The number of aromatic nitrogens is 1. The van der Waals surface area contributed by atoms with Crippen LogP contribution in [0.2, 0.25) is 0 Å². The van der Waals surface area contributed by atoms with Gasteiger partial charge in [-0.25, -0.2) is 4.98 Å². The Morgan fingerprint density at radius 1 is 0.844 bits per heavy atom. The largest absolute Gasteiger partial charge is 0.497 e. The summed E-state index contributed by atoms with van der Waals surface area (Å²) in [6.07, 6.45) is 0. The number of methoxy groups -OCH3 is 1. The van der Waals surface area contributed by atoms with Crippen LogP contribution in [-0.4, -0.2) is 18.0 Å². The van der Waals surface area contributed by atoms with Gasteiger partial charge in [0.1, 0.15) is 5.75 Å².